The smallest absolute Gasteiger partial charge is 0.404 e. The number of ether oxygens (including phenoxy) is 1. The number of aliphatic hydroxyl groups excluding tert-OH is 1. The summed E-state index contributed by atoms with van der Waals surface area (Å²) in [5.74, 6) is -0.796. The molecule has 0 aromatic heterocycles. The molecule has 1 heterocycles. The van der Waals surface area contributed by atoms with Crippen molar-refractivity contribution >= 4 is 10.0 Å². The van der Waals surface area contributed by atoms with E-state index in [1.807, 2.05) is 12.1 Å². The van der Waals surface area contributed by atoms with Crippen molar-refractivity contribution in [3.05, 3.63) is 59.7 Å². The lowest BCUT2D eigenvalue weighted by molar-refractivity contribution is -0.275. The minimum absolute atomic E-state index is 0.0466. The van der Waals surface area contributed by atoms with Gasteiger partial charge in [0.1, 0.15) is 10.6 Å². The molecule has 0 fully saturated rings. The van der Waals surface area contributed by atoms with Gasteiger partial charge in [-0.2, -0.15) is 4.31 Å². The van der Waals surface area contributed by atoms with Crippen LogP contribution in [0.4, 0.5) is 13.2 Å². The van der Waals surface area contributed by atoms with Crippen LogP contribution in [0.1, 0.15) is 17.2 Å². The van der Waals surface area contributed by atoms with Crippen molar-refractivity contribution in [2.24, 2.45) is 0 Å². The highest BCUT2D eigenvalue weighted by Gasteiger charge is 2.39. The second kappa shape index (κ2) is 6.90. The van der Waals surface area contributed by atoms with E-state index in [0.29, 0.717) is 12.0 Å². The first kappa shape index (κ1) is 18.7. The molecular weight excluding hydrogens is 371 g/mol. The molecule has 0 bridgehead atoms. The number of hydrogen-bond acceptors (Lipinski definition) is 4. The summed E-state index contributed by atoms with van der Waals surface area (Å²) in [5.41, 5.74) is 1.54. The topological polar surface area (TPSA) is 66.8 Å². The van der Waals surface area contributed by atoms with Crippen LogP contribution in [0.3, 0.4) is 0 Å². The Morgan fingerprint density at radius 3 is 2.46 bits per heavy atom. The molecule has 0 aliphatic carbocycles. The van der Waals surface area contributed by atoms with E-state index in [4.69, 9.17) is 0 Å². The zero-order valence-electron chi connectivity index (χ0n) is 13.5. The van der Waals surface area contributed by atoms with E-state index < -0.39 is 39.7 Å². The molecule has 1 unspecified atom stereocenters. The SMILES string of the molecule is O=S(=O)(c1ccccc1OC(F)(F)F)N1CCc2ccccc2C1CO. The molecule has 26 heavy (non-hydrogen) atoms. The molecule has 1 aliphatic heterocycles. The number of aliphatic hydroxyl groups is 1. The average Bonchev–Trinajstić information content (AvgIpc) is 2.59. The Kier molecular flexibility index (Phi) is 4.96. The van der Waals surface area contributed by atoms with Gasteiger partial charge in [-0.3, -0.25) is 0 Å². The third kappa shape index (κ3) is 3.55. The van der Waals surface area contributed by atoms with E-state index in [1.165, 1.54) is 12.1 Å². The predicted octanol–water partition coefficient (Wildman–Crippen LogP) is 2.87. The van der Waals surface area contributed by atoms with Gasteiger partial charge in [0.25, 0.3) is 0 Å². The van der Waals surface area contributed by atoms with Crippen LogP contribution in [0.25, 0.3) is 0 Å². The second-order valence-electron chi connectivity index (χ2n) is 5.76. The Hall–Kier alpha value is -2.10. The van der Waals surface area contributed by atoms with Crippen molar-refractivity contribution in [2.75, 3.05) is 13.2 Å². The van der Waals surface area contributed by atoms with E-state index in [2.05, 4.69) is 4.74 Å². The number of alkyl halides is 3. The van der Waals surface area contributed by atoms with Crippen molar-refractivity contribution in [2.45, 2.75) is 23.7 Å². The van der Waals surface area contributed by atoms with Crippen molar-refractivity contribution in [1.82, 2.24) is 4.31 Å². The highest BCUT2D eigenvalue weighted by molar-refractivity contribution is 7.89. The molecule has 1 atom stereocenters. The van der Waals surface area contributed by atoms with E-state index >= 15 is 0 Å². The first-order valence-electron chi connectivity index (χ1n) is 7.79. The summed E-state index contributed by atoms with van der Waals surface area (Å²) in [4.78, 5) is -0.588. The van der Waals surface area contributed by atoms with Crippen LogP contribution < -0.4 is 4.74 Å². The van der Waals surface area contributed by atoms with Gasteiger partial charge in [0.15, 0.2) is 0 Å². The predicted molar refractivity (Wildman–Crippen MR) is 87.0 cm³/mol. The van der Waals surface area contributed by atoms with Crippen molar-refractivity contribution in [1.29, 1.82) is 0 Å². The van der Waals surface area contributed by atoms with Crippen LogP contribution in [0.15, 0.2) is 53.4 Å². The number of halogens is 3. The molecule has 2 aromatic carbocycles. The van der Waals surface area contributed by atoms with E-state index in [1.54, 1.807) is 12.1 Å². The molecule has 9 heteroatoms. The van der Waals surface area contributed by atoms with E-state index in [9.17, 15) is 26.7 Å². The molecule has 0 saturated heterocycles. The quantitative estimate of drug-likeness (QED) is 0.876. The van der Waals surface area contributed by atoms with Gasteiger partial charge in [-0.15, -0.1) is 13.2 Å². The van der Waals surface area contributed by atoms with E-state index in [-0.39, 0.29) is 6.54 Å². The van der Waals surface area contributed by atoms with Gasteiger partial charge in [-0.1, -0.05) is 36.4 Å². The maximum absolute atomic E-state index is 13.0. The maximum Gasteiger partial charge on any atom is 0.573 e. The molecule has 140 valence electrons. The van der Waals surface area contributed by atoms with Crippen molar-refractivity contribution in [3.63, 3.8) is 0 Å². The Balaban J connectivity index is 2.04. The summed E-state index contributed by atoms with van der Waals surface area (Å²) < 4.78 is 68.8. The lowest BCUT2D eigenvalue weighted by Gasteiger charge is -2.35. The molecule has 5 nitrogen and oxygen atoms in total. The Bertz CT molecular complexity index is 899. The van der Waals surface area contributed by atoms with Gasteiger partial charge in [-0.25, -0.2) is 8.42 Å². The van der Waals surface area contributed by atoms with Crippen molar-refractivity contribution in [3.8, 4) is 5.75 Å². The summed E-state index contributed by atoms with van der Waals surface area (Å²) in [6.45, 7) is -0.441. The fraction of sp³-hybridized carbons (Fsp3) is 0.294. The minimum atomic E-state index is -5.02. The highest BCUT2D eigenvalue weighted by atomic mass is 32.2. The number of nitrogens with zero attached hydrogens (tertiary/aromatic N) is 1. The lowest BCUT2D eigenvalue weighted by atomic mass is 9.95. The first-order chi connectivity index (χ1) is 12.2. The number of rotatable bonds is 4. The highest BCUT2D eigenvalue weighted by Crippen LogP contribution is 2.37. The monoisotopic (exact) mass is 387 g/mol. The minimum Gasteiger partial charge on any atom is -0.404 e. The Labute approximate surface area is 148 Å². The maximum atomic E-state index is 13.0. The molecule has 0 amide bonds. The van der Waals surface area contributed by atoms with Gasteiger partial charge in [0.05, 0.1) is 12.6 Å². The summed E-state index contributed by atoms with van der Waals surface area (Å²) in [7, 11) is -4.32. The van der Waals surface area contributed by atoms with Crippen LogP contribution in [-0.4, -0.2) is 37.3 Å². The summed E-state index contributed by atoms with van der Waals surface area (Å²) in [5, 5.41) is 9.76. The van der Waals surface area contributed by atoms with Crippen LogP contribution in [-0.2, 0) is 16.4 Å². The van der Waals surface area contributed by atoms with Crippen LogP contribution in [0, 0.1) is 0 Å². The second-order valence-corrected chi connectivity index (χ2v) is 7.62. The van der Waals surface area contributed by atoms with E-state index in [0.717, 1.165) is 22.0 Å². The standard InChI is InChI=1S/C17H16F3NO4S/c18-17(19,20)25-15-7-3-4-8-16(15)26(23,24)21-10-9-12-5-1-2-6-13(12)14(21)11-22/h1-8,14,22H,9-11H2. The Morgan fingerprint density at radius 2 is 1.77 bits per heavy atom. The van der Waals surface area contributed by atoms with Gasteiger partial charge in [0, 0.05) is 6.54 Å². The van der Waals surface area contributed by atoms with Crippen LogP contribution in [0.5, 0.6) is 5.75 Å². The first-order valence-corrected chi connectivity index (χ1v) is 9.23. The third-order valence-electron chi connectivity index (χ3n) is 4.20. The van der Waals surface area contributed by atoms with Gasteiger partial charge >= 0.3 is 6.36 Å². The zero-order valence-corrected chi connectivity index (χ0v) is 14.3. The number of para-hydroxylation sites is 1. The molecule has 0 radical (unpaired) electrons. The summed E-state index contributed by atoms with van der Waals surface area (Å²) in [6, 6.07) is 10.8. The lowest BCUT2D eigenvalue weighted by Crippen LogP contribution is -2.41. The molecule has 0 saturated carbocycles. The van der Waals surface area contributed by atoms with Crippen LogP contribution in [0.2, 0.25) is 0 Å². The van der Waals surface area contributed by atoms with Crippen LogP contribution >= 0.6 is 0 Å². The Morgan fingerprint density at radius 1 is 1.12 bits per heavy atom. The average molecular weight is 387 g/mol. The summed E-state index contributed by atoms with van der Waals surface area (Å²) >= 11 is 0. The number of hydrogen-bond donors (Lipinski definition) is 1. The fourth-order valence-corrected chi connectivity index (χ4v) is 4.82. The van der Waals surface area contributed by atoms with Gasteiger partial charge < -0.3 is 9.84 Å². The number of sulfonamides is 1. The van der Waals surface area contributed by atoms with Gasteiger partial charge in [0.2, 0.25) is 10.0 Å². The molecule has 0 spiro atoms. The van der Waals surface area contributed by atoms with Crippen molar-refractivity contribution < 1.29 is 31.4 Å². The molecular formula is C17H16F3NO4S. The molecule has 1 N–H and O–H groups in total. The summed E-state index contributed by atoms with van der Waals surface area (Å²) in [6.07, 6.45) is -4.62. The zero-order chi connectivity index (χ0) is 18.9. The number of benzene rings is 2. The normalized spacial score (nSPS) is 18.4. The number of fused-ring (bicyclic) bond motifs is 1. The molecule has 3 rings (SSSR count). The fourth-order valence-electron chi connectivity index (χ4n) is 3.10. The third-order valence-corrected chi connectivity index (χ3v) is 6.15. The molecule has 1 aliphatic rings. The molecule has 2 aromatic rings. The van der Waals surface area contributed by atoms with Gasteiger partial charge in [-0.05, 0) is 29.7 Å². The largest absolute Gasteiger partial charge is 0.573 e.